The number of benzene rings is 2. The molecule has 214 valence electrons. The Morgan fingerprint density at radius 3 is 2.17 bits per heavy atom. The fourth-order valence-corrected chi connectivity index (χ4v) is 3.81. The number of carbonyl (C=O) groups excluding carboxylic acids is 1. The van der Waals surface area contributed by atoms with Crippen LogP contribution in [0.15, 0.2) is 53.1 Å². The van der Waals surface area contributed by atoms with E-state index in [2.05, 4.69) is 31.4 Å². The number of aromatic nitrogens is 2. The van der Waals surface area contributed by atoms with Crippen molar-refractivity contribution in [3.8, 4) is 11.5 Å². The number of hydrogen-bond acceptors (Lipinski definition) is 9. The molecule has 3 rings (SSSR count). The van der Waals surface area contributed by atoms with Gasteiger partial charge in [-0.2, -0.15) is 4.98 Å². The monoisotopic (exact) mass is 554 g/mol. The van der Waals surface area contributed by atoms with Gasteiger partial charge in [0.2, 0.25) is 5.89 Å². The Morgan fingerprint density at radius 2 is 1.60 bits per heavy atom. The molecule has 3 aromatic rings. The molecule has 0 aliphatic carbocycles. The van der Waals surface area contributed by atoms with Gasteiger partial charge in [0.15, 0.2) is 11.8 Å². The van der Waals surface area contributed by atoms with E-state index >= 15 is 0 Å². The third-order valence-electron chi connectivity index (χ3n) is 5.99. The van der Waals surface area contributed by atoms with E-state index < -0.39 is 30.1 Å². The number of nitrogens with one attached hydrogen (secondary N) is 5. The quantitative estimate of drug-likeness (QED) is 0.0829. The number of aromatic hydroxyl groups is 2. The summed E-state index contributed by atoms with van der Waals surface area (Å²) in [5, 5.41) is 50.7. The number of rotatable bonds is 13. The van der Waals surface area contributed by atoms with Gasteiger partial charge < -0.3 is 46.8 Å². The highest BCUT2D eigenvalue weighted by Crippen LogP contribution is 2.22. The van der Waals surface area contributed by atoms with E-state index in [0.717, 1.165) is 11.1 Å². The van der Waals surface area contributed by atoms with Crippen LogP contribution in [0.25, 0.3) is 0 Å². The van der Waals surface area contributed by atoms with Gasteiger partial charge in [-0.1, -0.05) is 29.4 Å². The van der Waals surface area contributed by atoms with Crippen LogP contribution >= 0.6 is 0 Å². The molecule has 14 nitrogen and oxygen atoms in total. The van der Waals surface area contributed by atoms with Crippen LogP contribution in [0.2, 0.25) is 0 Å². The molecule has 0 aliphatic heterocycles. The maximum atomic E-state index is 12.9. The normalized spacial score (nSPS) is 13.1. The fourth-order valence-electron chi connectivity index (χ4n) is 3.81. The summed E-state index contributed by atoms with van der Waals surface area (Å²) < 4.78 is 5.44. The predicted molar refractivity (Wildman–Crippen MR) is 145 cm³/mol. The van der Waals surface area contributed by atoms with E-state index in [1.165, 1.54) is 12.1 Å². The molecule has 10 N–H and O–H groups in total. The van der Waals surface area contributed by atoms with E-state index in [0.29, 0.717) is 19.4 Å². The van der Waals surface area contributed by atoms with Crippen LogP contribution in [-0.2, 0) is 17.6 Å². The molecule has 0 spiro atoms. The Bertz CT molecular complexity index is 1260. The Hall–Kier alpha value is -4.85. The van der Waals surface area contributed by atoms with E-state index in [1.54, 1.807) is 43.4 Å². The van der Waals surface area contributed by atoms with Crippen LogP contribution in [0.5, 0.6) is 11.5 Å². The zero-order valence-corrected chi connectivity index (χ0v) is 21.9. The van der Waals surface area contributed by atoms with Crippen LogP contribution in [-0.4, -0.2) is 63.1 Å². The van der Waals surface area contributed by atoms with Crippen LogP contribution in [0.3, 0.4) is 0 Å². The molecule has 1 aromatic heterocycles. The highest BCUT2D eigenvalue weighted by atomic mass is 16.5. The summed E-state index contributed by atoms with van der Waals surface area (Å²) in [6.07, 6.45) is 1.10. The molecule has 0 fully saturated rings. The number of guanidine groups is 1. The zero-order chi connectivity index (χ0) is 29.1. The summed E-state index contributed by atoms with van der Waals surface area (Å²) in [6.45, 7) is 0.353. The second-order valence-corrected chi connectivity index (χ2v) is 9.09. The second kappa shape index (κ2) is 14.3. The molecular weight excluding hydrogens is 520 g/mol. The van der Waals surface area contributed by atoms with E-state index in [1.807, 2.05) is 0 Å². The minimum absolute atomic E-state index is 0.0704. The van der Waals surface area contributed by atoms with Crippen LogP contribution in [0, 0.1) is 5.41 Å². The Kier molecular flexibility index (Phi) is 10.7. The first-order chi connectivity index (χ1) is 19.1. The van der Waals surface area contributed by atoms with Crippen LogP contribution < -0.4 is 27.0 Å². The first kappa shape index (κ1) is 29.7. The number of urea groups is 1. The molecule has 2 amide bonds. The van der Waals surface area contributed by atoms with Gasteiger partial charge in [0, 0.05) is 20.0 Å². The standard InChI is InChI=1S/C26H34N8O6/c1-29-25(28)30-12-2-3-20(24(37)38)31-26(39)32-21(14-16-6-10-18(36)11-7-16)23-33-22(34-40-23)19(27)13-15-4-8-17(35)9-5-15/h4-11,19-21,35-36H,2-3,12-14,27H2,1H3,(H,37,38)(H3,28,29,30)(H2,31,32,39)/t19-,20-,21-/m0/s1. The van der Waals surface area contributed by atoms with Crippen molar-refractivity contribution in [1.29, 1.82) is 5.41 Å². The van der Waals surface area contributed by atoms with Gasteiger partial charge in [0.25, 0.3) is 0 Å². The third-order valence-corrected chi connectivity index (χ3v) is 5.99. The Balaban J connectivity index is 1.70. The van der Waals surface area contributed by atoms with Gasteiger partial charge in [0.1, 0.15) is 23.6 Å². The molecule has 1 heterocycles. The van der Waals surface area contributed by atoms with Gasteiger partial charge in [-0.05, 0) is 54.7 Å². The topological polar surface area (TPSA) is 232 Å². The number of amides is 2. The number of carbonyl (C=O) groups is 2. The molecule has 2 aromatic carbocycles. The molecule has 0 aliphatic rings. The van der Waals surface area contributed by atoms with Gasteiger partial charge in [-0.3, -0.25) is 5.41 Å². The zero-order valence-electron chi connectivity index (χ0n) is 21.9. The largest absolute Gasteiger partial charge is 0.508 e. The number of nitrogens with zero attached hydrogens (tertiary/aromatic N) is 2. The van der Waals surface area contributed by atoms with E-state index in [4.69, 9.17) is 15.7 Å². The van der Waals surface area contributed by atoms with Crippen molar-refractivity contribution >= 4 is 18.0 Å². The summed E-state index contributed by atoms with van der Waals surface area (Å²) in [5.74, 6) is -0.595. The van der Waals surface area contributed by atoms with Crippen molar-refractivity contribution in [1.82, 2.24) is 31.4 Å². The first-order valence-electron chi connectivity index (χ1n) is 12.6. The Labute approximate surface area is 230 Å². The van der Waals surface area contributed by atoms with Crippen molar-refractivity contribution < 1.29 is 29.4 Å². The van der Waals surface area contributed by atoms with E-state index in [-0.39, 0.29) is 42.0 Å². The number of nitrogens with two attached hydrogens (primary N) is 1. The van der Waals surface area contributed by atoms with Crippen molar-refractivity contribution in [2.75, 3.05) is 13.6 Å². The number of carboxylic acid groups (broad SMARTS) is 1. The highest BCUT2D eigenvalue weighted by Gasteiger charge is 2.26. The van der Waals surface area contributed by atoms with Gasteiger partial charge >= 0.3 is 12.0 Å². The minimum atomic E-state index is -1.20. The summed E-state index contributed by atoms with van der Waals surface area (Å²) >= 11 is 0. The van der Waals surface area contributed by atoms with Crippen molar-refractivity contribution in [2.45, 2.75) is 43.8 Å². The van der Waals surface area contributed by atoms with E-state index in [9.17, 15) is 24.9 Å². The summed E-state index contributed by atoms with van der Waals surface area (Å²) in [6, 6.07) is 9.53. The lowest BCUT2D eigenvalue weighted by atomic mass is 10.0. The maximum absolute atomic E-state index is 12.9. The molecular formula is C26H34N8O6. The molecule has 0 bridgehead atoms. The Morgan fingerprint density at radius 1 is 1.00 bits per heavy atom. The van der Waals surface area contributed by atoms with Gasteiger partial charge in [0.05, 0.1) is 6.04 Å². The van der Waals surface area contributed by atoms with Crippen molar-refractivity contribution in [3.63, 3.8) is 0 Å². The summed E-state index contributed by atoms with van der Waals surface area (Å²) in [5.41, 5.74) is 7.87. The molecule has 14 heteroatoms. The van der Waals surface area contributed by atoms with Gasteiger partial charge in [-0.15, -0.1) is 0 Å². The average Bonchev–Trinajstić information content (AvgIpc) is 3.43. The first-order valence-corrected chi connectivity index (χ1v) is 12.6. The number of carboxylic acids is 1. The van der Waals surface area contributed by atoms with Crippen molar-refractivity contribution in [2.24, 2.45) is 5.73 Å². The molecule has 0 saturated heterocycles. The highest BCUT2D eigenvalue weighted by molar-refractivity contribution is 5.82. The summed E-state index contributed by atoms with van der Waals surface area (Å²) in [4.78, 5) is 29.0. The lowest BCUT2D eigenvalue weighted by Crippen LogP contribution is -2.47. The predicted octanol–water partition coefficient (Wildman–Crippen LogP) is 1.28. The molecule has 3 atom stereocenters. The lowest BCUT2D eigenvalue weighted by Gasteiger charge is -2.19. The lowest BCUT2D eigenvalue weighted by molar-refractivity contribution is -0.139. The number of phenols is 2. The SMILES string of the molecule is CNC(=N)NCCC[C@H](NC(=O)N[C@@H](Cc1ccc(O)cc1)c1nc([C@@H](N)Cc2ccc(O)cc2)no1)C(=O)O. The second-order valence-electron chi connectivity index (χ2n) is 9.09. The smallest absolute Gasteiger partial charge is 0.326 e. The van der Waals surface area contributed by atoms with Gasteiger partial charge in [-0.25, -0.2) is 9.59 Å². The maximum Gasteiger partial charge on any atom is 0.326 e. The molecule has 0 unspecified atom stereocenters. The van der Waals surface area contributed by atoms with Crippen LogP contribution in [0.1, 0.15) is 47.8 Å². The molecule has 0 radical (unpaired) electrons. The minimum Gasteiger partial charge on any atom is -0.508 e. The number of hydrogen-bond donors (Lipinski definition) is 9. The van der Waals surface area contributed by atoms with Crippen LogP contribution in [0.4, 0.5) is 4.79 Å². The summed E-state index contributed by atoms with van der Waals surface area (Å²) in [7, 11) is 1.59. The molecule has 40 heavy (non-hydrogen) atoms. The average molecular weight is 555 g/mol. The molecule has 0 saturated carbocycles. The fraction of sp³-hybridized carbons (Fsp3) is 0.346. The van der Waals surface area contributed by atoms with Crippen molar-refractivity contribution in [3.05, 3.63) is 71.4 Å². The third kappa shape index (κ3) is 9.16. The number of aliphatic carboxylic acids is 1. The number of phenolic OH excluding ortho intramolecular Hbond substituents is 2.